The van der Waals surface area contributed by atoms with Gasteiger partial charge >= 0.3 is 0 Å². The Labute approximate surface area is 122 Å². The number of nitrogens with one attached hydrogen (secondary N) is 1. The lowest BCUT2D eigenvalue weighted by atomic mass is 10.2. The van der Waals surface area contributed by atoms with Crippen LogP contribution in [0.1, 0.15) is 18.2 Å². The Hall–Kier alpha value is -1.26. The van der Waals surface area contributed by atoms with Crippen LogP contribution >= 0.6 is 15.9 Å². The van der Waals surface area contributed by atoms with E-state index < -0.39 is 0 Å². The van der Waals surface area contributed by atoms with E-state index in [2.05, 4.69) is 58.3 Å². The molecule has 0 aliphatic carbocycles. The molecule has 1 aromatic heterocycles. The molecule has 19 heavy (non-hydrogen) atoms. The summed E-state index contributed by atoms with van der Waals surface area (Å²) in [5.41, 5.74) is 2.44. The van der Waals surface area contributed by atoms with Gasteiger partial charge in [0, 0.05) is 18.1 Å². The van der Waals surface area contributed by atoms with Gasteiger partial charge in [0.15, 0.2) is 0 Å². The van der Waals surface area contributed by atoms with Crippen molar-refractivity contribution in [3.8, 4) is 0 Å². The number of benzene rings is 1. The predicted molar refractivity (Wildman–Crippen MR) is 82.3 cm³/mol. The number of nitrogens with zero attached hydrogens (tertiary/aromatic N) is 1. The van der Waals surface area contributed by atoms with Crippen LogP contribution in [0.3, 0.4) is 0 Å². The molecular weight excluding hydrogens is 304 g/mol. The van der Waals surface area contributed by atoms with Crippen molar-refractivity contribution in [1.29, 1.82) is 0 Å². The molecular formula is C15H19BrN2O. The van der Waals surface area contributed by atoms with Crippen LogP contribution in [0.4, 0.5) is 5.69 Å². The molecule has 0 aliphatic rings. The summed E-state index contributed by atoms with van der Waals surface area (Å²) in [6.45, 7) is 4.76. The van der Waals surface area contributed by atoms with Gasteiger partial charge in [-0.25, -0.2) is 0 Å². The summed E-state index contributed by atoms with van der Waals surface area (Å²) in [5.74, 6) is 0.964. The van der Waals surface area contributed by atoms with Gasteiger partial charge in [-0.15, -0.1) is 0 Å². The third-order valence-electron chi connectivity index (χ3n) is 2.98. The summed E-state index contributed by atoms with van der Waals surface area (Å²) in [6.07, 6.45) is 1.71. The molecule has 0 spiro atoms. The molecule has 1 N–H and O–H groups in total. The normalized spacial score (nSPS) is 10.7. The highest BCUT2D eigenvalue weighted by atomic mass is 79.9. The fraction of sp³-hybridized carbons (Fsp3) is 0.333. The summed E-state index contributed by atoms with van der Waals surface area (Å²) in [4.78, 5) is 2.17. The molecule has 0 saturated heterocycles. The average molecular weight is 323 g/mol. The van der Waals surface area contributed by atoms with Gasteiger partial charge in [-0.1, -0.05) is 13.0 Å². The van der Waals surface area contributed by atoms with Crippen molar-refractivity contribution in [2.45, 2.75) is 20.0 Å². The maximum Gasteiger partial charge on any atom is 0.123 e. The highest BCUT2D eigenvalue weighted by Gasteiger charge is 2.08. The van der Waals surface area contributed by atoms with Gasteiger partial charge in [0.2, 0.25) is 0 Å². The smallest absolute Gasteiger partial charge is 0.123 e. The van der Waals surface area contributed by atoms with Gasteiger partial charge < -0.3 is 14.6 Å². The molecule has 0 atom stereocenters. The summed E-state index contributed by atoms with van der Waals surface area (Å²) < 4.78 is 6.48. The molecule has 0 amide bonds. The molecule has 0 unspecified atom stereocenters. The van der Waals surface area contributed by atoms with E-state index in [1.165, 1.54) is 5.56 Å². The molecule has 2 rings (SSSR count). The van der Waals surface area contributed by atoms with Crippen LogP contribution in [0, 0.1) is 0 Å². The molecule has 2 aromatic rings. The monoisotopic (exact) mass is 322 g/mol. The van der Waals surface area contributed by atoms with Gasteiger partial charge in [-0.2, -0.15) is 0 Å². The van der Waals surface area contributed by atoms with Crippen LogP contribution < -0.4 is 10.2 Å². The molecule has 0 bridgehead atoms. The van der Waals surface area contributed by atoms with E-state index in [0.29, 0.717) is 0 Å². The average Bonchev–Trinajstić information content (AvgIpc) is 2.89. The summed E-state index contributed by atoms with van der Waals surface area (Å²) in [6, 6.07) is 10.4. The number of rotatable bonds is 6. The molecule has 0 fully saturated rings. The first-order chi connectivity index (χ1) is 9.20. The lowest BCUT2D eigenvalue weighted by molar-refractivity contribution is 0.507. The zero-order valence-electron chi connectivity index (χ0n) is 11.3. The first-order valence-corrected chi connectivity index (χ1v) is 7.22. The largest absolute Gasteiger partial charge is 0.467 e. The second-order valence-electron chi connectivity index (χ2n) is 4.50. The molecule has 102 valence electrons. The number of hydrogen-bond acceptors (Lipinski definition) is 3. The number of halogens is 1. The van der Waals surface area contributed by atoms with Crippen molar-refractivity contribution in [1.82, 2.24) is 5.32 Å². The summed E-state index contributed by atoms with van der Waals surface area (Å²) in [5, 5.41) is 3.33. The Bertz CT molecular complexity index is 511. The van der Waals surface area contributed by atoms with E-state index in [-0.39, 0.29) is 0 Å². The Morgan fingerprint density at radius 1 is 1.32 bits per heavy atom. The van der Waals surface area contributed by atoms with Gasteiger partial charge in [0.25, 0.3) is 0 Å². The molecule has 1 aromatic carbocycles. The van der Waals surface area contributed by atoms with Gasteiger partial charge in [0.1, 0.15) is 5.76 Å². The lowest BCUT2D eigenvalue weighted by Crippen LogP contribution is -2.17. The first-order valence-electron chi connectivity index (χ1n) is 6.43. The van der Waals surface area contributed by atoms with Crippen molar-refractivity contribution in [3.05, 3.63) is 52.4 Å². The lowest BCUT2D eigenvalue weighted by Gasteiger charge is -2.20. The predicted octanol–water partition coefficient (Wildman–Crippen LogP) is 3.79. The quantitative estimate of drug-likeness (QED) is 0.877. The molecule has 0 aliphatic heterocycles. The number of hydrogen-bond donors (Lipinski definition) is 1. The minimum absolute atomic E-state index is 0.762. The fourth-order valence-electron chi connectivity index (χ4n) is 1.96. The van der Waals surface area contributed by atoms with E-state index >= 15 is 0 Å². The SMILES string of the molecule is CCNCc1ccc(N(C)Cc2ccco2)c(Br)c1. The van der Waals surface area contributed by atoms with Crippen molar-refractivity contribution in [2.75, 3.05) is 18.5 Å². The fourth-order valence-corrected chi connectivity index (χ4v) is 2.69. The van der Waals surface area contributed by atoms with Gasteiger partial charge in [-0.05, 0) is 52.3 Å². The summed E-state index contributed by atoms with van der Waals surface area (Å²) in [7, 11) is 2.06. The topological polar surface area (TPSA) is 28.4 Å². The van der Waals surface area contributed by atoms with Crippen LogP contribution in [-0.2, 0) is 13.1 Å². The van der Waals surface area contributed by atoms with E-state index in [4.69, 9.17) is 4.42 Å². The zero-order valence-corrected chi connectivity index (χ0v) is 12.9. The van der Waals surface area contributed by atoms with E-state index in [1.807, 2.05) is 12.1 Å². The Morgan fingerprint density at radius 2 is 2.16 bits per heavy atom. The van der Waals surface area contributed by atoms with Crippen LogP contribution in [0.25, 0.3) is 0 Å². The van der Waals surface area contributed by atoms with Gasteiger partial charge in [-0.3, -0.25) is 0 Å². The maximum absolute atomic E-state index is 5.38. The van der Waals surface area contributed by atoms with Crippen LogP contribution in [-0.4, -0.2) is 13.6 Å². The number of furan rings is 1. The molecule has 0 radical (unpaired) electrons. The maximum atomic E-state index is 5.38. The highest BCUT2D eigenvalue weighted by Crippen LogP contribution is 2.27. The van der Waals surface area contributed by atoms with E-state index in [9.17, 15) is 0 Å². The standard InChI is InChI=1S/C15H19BrN2O/c1-3-17-10-12-6-7-15(14(16)9-12)18(2)11-13-5-4-8-19-13/h4-9,17H,3,10-11H2,1-2H3. The van der Waals surface area contributed by atoms with Crippen LogP contribution in [0.2, 0.25) is 0 Å². The minimum atomic E-state index is 0.762. The second kappa shape index (κ2) is 6.78. The zero-order chi connectivity index (χ0) is 13.7. The van der Waals surface area contributed by atoms with Crippen molar-refractivity contribution < 1.29 is 4.42 Å². The van der Waals surface area contributed by atoms with Gasteiger partial charge in [0.05, 0.1) is 18.5 Å². The van der Waals surface area contributed by atoms with Crippen molar-refractivity contribution in [2.24, 2.45) is 0 Å². The van der Waals surface area contributed by atoms with Crippen molar-refractivity contribution in [3.63, 3.8) is 0 Å². The summed E-state index contributed by atoms with van der Waals surface area (Å²) >= 11 is 3.64. The Morgan fingerprint density at radius 3 is 2.79 bits per heavy atom. The second-order valence-corrected chi connectivity index (χ2v) is 5.36. The minimum Gasteiger partial charge on any atom is -0.467 e. The highest BCUT2D eigenvalue weighted by molar-refractivity contribution is 9.10. The van der Waals surface area contributed by atoms with Crippen LogP contribution in [0.5, 0.6) is 0 Å². The third kappa shape index (κ3) is 3.85. The van der Waals surface area contributed by atoms with Crippen LogP contribution in [0.15, 0.2) is 45.5 Å². The Balaban J connectivity index is 2.07. The van der Waals surface area contributed by atoms with Crippen molar-refractivity contribution >= 4 is 21.6 Å². The molecule has 4 heteroatoms. The van der Waals surface area contributed by atoms with E-state index in [1.54, 1.807) is 6.26 Å². The number of anilines is 1. The third-order valence-corrected chi connectivity index (χ3v) is 3.61. The van der Waals surface area contributed by atoms with E-state index in [0.717, 1.165) is 35.6 Å². The molecule has 3 nitrogen and oxygen atoms in total. The Kier molecular flexibility index (Phi) is 5.05. The first kappa shape index (κ1) is 14.2. The molecule has 0 saturated carbocycles. The molecule has 1 heterocycles.